The van der Waals surface area contributed by atoms with E-state index in [0.29, 0.717) is 18.7 Å². The maximum absolute atomic E-state index is 13.5. The van der Waals surface area contributed by atoms with Crippen molar-refractivity contribution < 1.29 is 13.9 Å². The van der Waals surface area contributed by atoms with Crippen molar-refractivity contribution in [2.75, 3.05) is 39.4 Å². The van der Waals surface area contributed by atoms with Gasteiger partial charge in [-0.1, -0.05) is 6.08 Å². The molecule has 2 N–H and O–H groups in total. The first kappa shape index (κ1) is 17.9. The predicted molar refractivity (Wildman–Crippen MR) is 100 cm³/mol. The first-order valence-electron chi connectivity index (χ1n) is 9.27. The zero-order chi connectivity index (χ0) is 18.8. The molecule has 1 fully saturated rings. The van der Waals surface area contributed by atoms with Gasteiger partial charge in [0.2, 0.25) is 0 Å². The quantitative estimate of drug-likeness (QED) is 0.831. The second-order valence-corrected chi connectivity index (χ2v) is 6.92. The summed E-state index contributed by atoms with van der Waals surface area (Å²) in [7, 11) is 1.81. The lowest BCUT2D eigenvalue weighted by Gasteiger charge is -2.26. The van der Waals surface area contributed by atoms with Crippen molar-refractivity contribution in [1.29, 1.82) is 0 Å². The number of aryl methyl sites for hydroxylation is 1. The van der Waals surface area contributed by atoms with Gasteiger partial charge in [-0.2, -0.15) is 5.10 Å². The van der Waals surface area contributed by atoms with Crippen molar-refractivity contribution in [3.8, 4) is 11.3 Å². The average Bonchev–Trinajstić information content (AvgIpc) is 3.25. The summed E-state index contributed by atoms with van der Waals surface area (Å²) in [6.07, 6.45) is 4.60. The molecule has 7 nitrogen and oxygen atoms in total. The van der Waals surface area contributed by atoms with Crippen molar-refractivity contribution in [2.24, 2.45) is 7.05 Å². The van der Waals surface area contributed by atoms with E-state index in [1.165, 1.54) is 0 Å². The van der Waals surface area contributed by atoms with Crippen LogP contribution in [0, 0.1) is 0 Å². The van der Waals surface area contributed by atoms with Crippen LogP contribution in [0.1, 0.15) is 21.7 Å². The first-order chi connectivity index (χ1) is 13.1. The number of ether oxygens (including phenoxy) is 1. The third-order valence-corrected chi connectivity index (χ3v) is 5.08. The maximum Gasteiger partial charge on any atom is 0.271 e. The van der Waals surface area contributed by atoms with E-state index in [1.807, 2.05) is 13.2 Å². The normalized spacial score (nSPS) is 19.9. The molecular formula is C19H24FN5O2. The number of aromatic amines is 1. The largest absolute Gasteiger partial charge is 0.379 e. The van der Waals surface area contributed by atoms with E-state index in [0.717, 1.165) is 55.4 Å². The Morgan fingerprint density at radius 3 is 3.07 bits per heavy atom. The Bertz CT molecular complexity index is 850. The van der Waals surface area contributed by atoms with Crippen LogP contribution in [0.15, 0.2) is 18.3 Å². The summed E-state index contributed by atoms with van der Waals surface area (Å²) in [4.78, 5) is 17.9. The number of morpholine rings is 1. The average molecular weight is 373 g/mol. The number of rotatable bonds is 5. The van der Waals surface area contributed by atoms with Gasteiger partial charge in [0.1, 0.15) is 6.17 Å². The van der Waals surface area contributed by atoms with Gasteiger partial charge >= 0.3 is 0 Å². The van der Waals surface area contributed by atoms with Gasteiger partial charge in [-0.05, 0) is 12.1 Å². The molecule has 1 unspecified atom stereocenters. The summed E-state index contributed by atoms with van der Waals surface area (Å²) in [5, 5.41) is 7.29. The number of H-pyrrole nitrogens is 1. The molecule has 0 aromatic carbocycles. The number of fused-ring (bicyclic) bond motifs is 1. The van der Waals surface area contributed by atoms with E-state index in [9.17, 15) is 9.18 Å². The Balaban J connectivity index is 1.43. The van der Waals surface area contributed by atoms with Gasteiger partial charge in [0, 0.05) is 62.7 Å². The highest BCUT2D eigenvalue weighted by Crippen LogP contribution is 2.31. The molecule has 1 atom stereocenters. The summed E-state index contributed by atoms with van der Waals surface area (Å²) in [6.45, 7) is 4.66. The van der Waals surface area contributed by atoms with Gasteiger partial charge in [-0.3, -0.25) is 14.4 Å². The van der Waals surface area contributed by atoms with E-state index in [2.05, 4.69) is 20.3 Å². The lowest BCUT2D eigenvalue weighted by atomic mass is 9.99. The number of alkyl halides is 1. The van der Waals surface area contributed by atoms with Crippen molar-refractivity contribution >= 4 is 12.0 Å². The smallest absolute Gasteiger partial charge is 0.271 e. The summed E-state index contributed by atoms with van der Waals surface area (Å²) >= 11 is 0. The molecule has 27 heavy (non-hydrogen) atoms. The van der Waals surface area contributed by atoms with Crippen LogP contribution in [-0.4, -0.2) is 71.1 Å². The van der Waals surface area contributed by atoms with Gasteiger partial charge < -0.3 is 15.0 Å². The molecule has 2 aromatic rings. The molecule has 3 heterocycles. The zero-order valence-electron chi connectivity index (χ0n) is 15.4. The molecule has 1 amide bonds. The Morgan fingerprint density at radius 2 is 2.26 bits per heavy atom. The maximum atomic E-state index is 13.5. The molecule has 0 spiro atoms. The number of nitrogens with zero attached hydrogens (tertiary/aromatic N) is 3. The molecule has 2 aliphatic rings. The van der Waals surface area contributed by atoms with E-state index >= 15 is 0 Å². The Labute approximate surface area is 157 Å². The number of carbonyl (C=O) groups excluding carboxylic acids is 1. The molecule has 4 rings (SSSR count). The highest BCUT2D eigenvalue weighted by atomic mass is 19.1. The number of hydrogen-bond acceptors (Lipinski definition) is 4. The lowest BCUT2D eigenvalue weighted by molar-refractivity contribution is 0.0383. The number of carbonyl (C=O) groups is 1. The van der Waals surface area contributed by atoms with Gasteiger partial charge in [0.15, 0.2) is 5.69 Å². The number of halogens is 1. The summed E-state index contributed by atoms with van der Waals surface area (Å²) in [6, 6.07) is 1.78. The number of nitrogens with one attached hydrogen (secondary N) is 2. The second kappa shape index (κ2) is 7.66. The van der Waals surface area contributed by atoms with E-state index in [4.69, 9.17) is 4.74 Å². The number of amides is 1. The van der Waals surface area contributed by atoms with E-state index in [1.54, 1.807) is 22.9 Å². The highest BCUT2D eigenvalue weighted by Gasteiger charge is 2.21. The zero-order valence-corrected chi connectivity index (χ0v) is 15.4. The molecule has 1 saturated heterocycles. The molecule has 8 heteroatoms. The van der Waals surface area contributed by atoms with Crippen LogP contribution in [0.25, 0.3) is 17.3 Å². The van der Waals surface area contributed by atoms with Crippen LogP contribution in [0.4, 0.5) is 4.39 Å². The van der Waals surface area contributed by atoms with Crippen LogP contribution in [0.2, 0.25) is 0 Å². The predicted octanol–water partition coefficient (Wildman–Crippen LogP) is 1.38. The minimum Gasteiger partial charge on any atom is -0.379 e. The molecule has 1 aliphatic heterocycles. The van der Waals surface area contributed by atoms with Crippen LogP contribution in [0.5, 0.6) is 0 Å². The summed E-state index contributed by atoms with van der Waals surface area (Å²) < 4.78 is 20.5. The van der Waals surface area contributed by atoms with Gasteiger partial charge in [0.25, 0.3) is 5.91 Å². The molecule has 144 valence electrons. The van der Waals surface area contributed by atoms with Crippen molar-refractivity contribution in [2.45, 2.75) is 12.6 Å². The fourth-order valence-electron chi connectivity index (χ4n) is 3.59. The van der Waals surface area contributed by atoms with Crippen LogP contribution >= 0.6 is 0 Å². The Morgan fingerprint density at radius 1 is 1.44 bits per heavy atom. The van der Waals surface area contributed by atoms with E-state index < -0.39 is 6.17 Å². The fourth-order valence-corrected chi connectivity index (χ4v) is 3.59. The van der Waals surface area contributed by atoms with E-state index in [-0.39, 0.29) is 5.91 Å². The fraction of sp³-hybridized carbons (Fsp3) is 0.474. The Hall–Kier alpha value is -2.45. The Kier molecular flexibility index (Phi) is 5.09. The topological polar surface area (TPSA) is 75.2 Å². The third-order valence-electron chi connectivity index (χ3n) is 5.08. The summed E-state index contributed by atoms with van der Waals surface area (Å²) in [5.74, 6) is -0.186. The van der Waals surface area contributed by atoms with Crippen molar-refractivity contribution in [1.82, 2.24) is 25.0 Å². The molecule has 0 saturated carbocycles. The number of aromatic nitrogens is 3. The van der Waals surface area contributed by atoms with Crippen molar-refractivity contribution in [3.05, 3.63) is 35.3 Å². The SMILES string of the molecule is Cn1nc(C(=O)NCCN2CCOCC2)cc1-c1c[nH]c2c1C=CC(F)C2. The van der Waals surface area contributed by atoms with Gasteiger partial charge in [-0.25, -0.2) is 4.39 Å². The summed E-state index contributed by atoms with van der Waals surface area (Å²) in [5.41, 5.74) is 3.97. The number of allylic oxidation sites excluding steroid dienone is 1. The standard InChI is InChI=1S/C19H24FN5O2/c1-24-18(15-12-22-16-10-13(20)2-3-14(15)16)11-17(23-24)19(26)21-4-5-25-6-8-27-9-7-25/h2-3,11-13,22H,4-10H2,1H3,(H,21,26). The number of hydrogen-bond donors (Lipinski definition) is 2. The lowest BCUT2D eigenvalue weighted by Crippen LogP contribution is -2.41. The second-order valence-electron chi connectivity index (χ2n) is 6.92. The molecule has 2 aromatic heterocycles. The molecule has 1 aliphatic carbocycles. The van der Waals surface area contributed by atoms with Crippen LogP contribution < -0.4 is 5.32 Å². The molecule has 0 radical (unpaired) electrons. The molecular weight excluding hydrogens is 349 g/mol. The van der Waals surface area contributed by atoms with Gasteiger partial charge in [-0.15, -0.1) is 0 Å². The van der Waals surface area contributed by atoms with Crippen molar-refractivity contribution in [3.63, 3.8) is 0 Å². The molecule has 0 bridgehead atoms. The highest BCUT2D eigenvalue weighted by molar-refractivity contribution is 5.93. The first-order valence-corrected chi connectivity index (χ1v) is 9.27. The monoisotopic (exact) mass is 373 g/mol. The minimum absolute atomic E-state index is 0.186. The van der Waals surface area contributed by atoms with Gasteiger partial charge in [0.05, 0.1) is 18.9 Å². The minimum atomic E-state index is -0.955. The third kappa shape index (κ3) is 3.81. The van der Waals surface area contributed by atoms with Crippen LogP contribution in [0.3, 0.4) is 0 Å². The van der Waals surface area contributed by atoms with Crippen LogP contribution in [-0.2, 0) is 18.2 Å².